The molecule has 0 aromatic heterocycles. The van der Waals surface area contributed by atoms with Crippen molar-refractivity contribution in [1.29, 1.82) is 0 Å². The van der Waals surface area contributed by atoms with Gasteiger partial charge in [0, 0.05) is 17.3 Å². The van der Waals surface area contributed by atoms with E-state index < -0.39 is 20.8 Å². The molecular weight excluding hydrogens is 492 g/mol. The molecule has 0 heterocycles. The van der Waals surface area contributed by atoms with Crippen molar-refractivity contribution >= 4 is 28.9 Å². The van der Waals surface area contributed by atoms with Crippen LogP contribution in [0.2, 0.25) is 0 Å². The van der Waals surface area contributed by atoms with Gasteiger partial charge in [-0.25, -0.2) is 0 Å². The number of phenols is 1. The second kappa shape index (κ2) is 13.0. The molecule has 0 atom stereocenters. The van der Waals surface area contributed by atoms with E-state index in [0.717, 1.165) is 42.5 Å². The van der Waals surface area contributed by atoms with Crippen LogP contribution in [0.4, 0.5) is 5.69 Å². The number of aliphatic imine (C=N–C) groups is 1. The molecule has 164 valence electrons. The van der Waals surface area contributed by atoms with Gasteiger partial charge in [-0.15, -0.1) is 0 Å². The van der Waals surface area contributed by atoms with E-state index in [1.807, 2.05) is 36.5 Å². The zero-order chi connectivity index (χ0) is 22.8. The maximum atomic E-state index is 11.1. The number of benzene rings is 2. The molecule has 2 aromatic carbocycles. The summed E-state index contributed by atoms with van der Waals surface area (Å²) in [6.07, 6.45) is 6.17. The number of para-hydroxylation sites is 1. The molecule has 0 aliphatic carbocycles. The molecule has 30 heavy (non-hydrogen) atoms. The molecule has 0 fully saturated rings. The molecule has 1 N–H and O–H groups in total. The first-order chi connectivity index (χ1) is 14.1. The molecule has 0 unspecified atom stereocenters. The van der Waals surface area contributed by atoms with E-state index in [9.17, 15) is 5.11 Å². The molecule has 2 nitrogen and oxygen atoms in total. The van der Waals surface area contributed by atoms with Crippen LogP contribution in [0.1, 0.15) is 83.9 Å². The van der Waals surface area contributed by atoms with Crippen molar-refractivity contribution in [1.82, 2.24) is 0 Å². The SMILES string of the molecule is CCCC(C)(C)c1cc(C=Nc2ccccc2)c(O)c(C(C)(C)CCC)c1.[Cl][Zr][Cl]. The normalized spacial score (nSPS) is 11.9. The summed E-state index contributed by atoms with van der Waals surface area (Å²) in [7, 11) is 9.87. The summed E-state index contributed by atoms with van der Waals surface area (Å²) in [5.41, 5.74) is 3.99. The van der Waals surface area contributed by atoms with Crippen molar-refractivity contribution in [3.8, 4) is 5.75 Å². The van der Waals surface area contributed by atoms with Crippen LogP contribution >= 0.6 is 17.0 Å². The van der Waals surface area contributed by atoms with E-state index in [4.69, 9.17) is 17.0 Å². The van der Waals surface area contributed by atoms with E-state index in [1.165, 1.54) is 5.56 Å². The second-order valence-electron chi connectivity index (χ2n) is 8.89. The van der Waals surface area contributed by atoms with E-state index in [-0.39, 0.29) is 10.8 Å². The molecule has 0 saturated carbocycles. The van der Waals surface area contributed by atoms with E-state index in [2.05, 4.69) is 58.7 Å². The second-order valence-corrected chi connectivity index (χ2v) is 12.6. The molecule has 5 heteroatoms. The van der Waals surface area contributed by atoms with Crippen molar-refractivity contribution in [2.24, 2.45) is 4.99 Å². The zero-order valence-electron chi connectivity index (χ0n) is 19.1. The van der Waals surface area contributed by atoms with Gasteiger partial charge in [0.2, 0.25) is 0 Å². The Morgan fingerprint density at radius 1 is 0.933 bits per heavy atom. The number of hydrogen-bond acceptors (Lipinski definition) is 2. The molecule has 2 aromatic rings. The Kier molecular flexibility index (Phi) is 11.9. The number of aromatic hydroxyl groups is 1. The number of hydrogen-bond donors (Lipinski definition) is 1. The summed E-state index contributed by atoms with van der Waals surface area (Å²) in [4.78, 5) is 4.59. The van der Waals surface area contributed by atoms with E-state index in [1.54, 1.807) is 0 Å². The van der Waals surface area contributed by atoms with Gasteiger partial charge in [-0.2, -0.15) is 0 Å². The summed E-state index contributed by atoms with van der Waals surface area (Å²) < 4.78 is 0. The minimum absolute atomic E-state index is 0.0643. The van der Waals surface area contributed by atoms with Crippen LogP contribution in [0.15, 0.2) is 47.5 Å². The molecule has 0 saturated heterocycles. The van der Waals surface area contributed by atoms with E-state index in [0.29, 0.717) is 5.75 Å². The fraction of sp³-hybridized carbons (Fsp3) is 0.480. The first kappa shape index (κ1) is 27.4. The van der Waals surface area contributed by atoms with Gasteiger partial charge >= 0.3 is 37.9 Å². The Labute approximate surface area is 201 Å². The Hall–Kier alpha value is -0.627. The molecule has 0 radical (unpaired) electrons. The molecule has 0 aliphatic heterocycles. The predicted molar refractivity (Wildman–Crippen MR) is 129 cm³/mol. The van der Waals surface area contributed by atoms with E-state index >= 15 is 0 Å². The average Bonchev–Trinajstić information content (AvgIpc) is 2.68. The molecule has 2 rings (SSSR count). The minimum atomic E-state index is -0.826. The van der Waals surface area contributed by atoms with Gasteiger partial charge < -0.3 is 5.11 Å². The van der Waals surface area contributed by atoms with Gasteiger partial charge in [0.05, 0.1) is 5.69 Å². The third-order valence-electron chi connectivity index (χ3n) is 5.51. The first-order valence-electron chi connectivity index (χ1n) is 10.6. The summed E-state index contributed by atoms with van der Waals surface area (Å²) in [6.45, 7) is 13.4. The quantitative estimate of drug-likeness (QED) is 0.342. The number of halogens is 2. The van der Waals surface area contributed by atoms with Crippen LogP contribution < -0.4 is 0 Å². The third kappa shape index (κ3) is 8.14. The van der Waals surface area contributed by atoms with Crippen LogP contribution in [0.25, 0.3) is 0 Å². The third-order valence-corrected chi connectivity index (χ3v) is 5.51. The Bertz CT molecular complexity index is 804. The Morgan fingerprint density at radius 2 is 1.47 bits per heavy atom. The van der Waals surface area contributed by atoms with Gasteiger partial charge in [0.25, 0.3) is 0 Å². The fourth-order valence-corrected chi connectivity index (χ4v) is 3.85. The Morgan fingerprint density at radius 3 is 2.00 bits per heavy atom. The van der Waals surface area contributed by atoms with Crippen molar-refractivity contribution in [2.75, 3.05) is 0 Å². The van der Waals surface area contributed by atoms with Gasteiger partial charge in [0.15, 0.2) is 0 Å². The first-order valence-corrected chi connectivity index (χ1v) is 16.9. The van der Waals surface area contributed by atoms with Crippen LogP contribution in [-0.4, -0.2) is 11.3 Å². The van der Waals surface area contributed by atoms with Gasteiger partial charge in [-0.05, 0) is 47.4 Å². The molecule has 0 amide bonds. The summed E-state index contributed by atoms with van der Waals surface area (Å²) in [6, 6.07) is 14.2. The van der Waals surface area contributed by atoms with Crippen LogP contribution in [0, 0.1) is 0 Å². The zero-order valence-corrected chi connectivity index (χ0v) is 23.1. The summed E-state index contributed by atoms with van der Waals surface area (Å²) in [5, 5.41) is 11.1. The molecule has 0 bridgehead atoms. The van der Waals surface area contributed by atoms with Crippen LogP contribution in [0.5, 0.6) is 5.75 Å². The van der Waals surface area contributed by atoms with Gasteiger partial charge in [0.1, 0.15) is 5.75 Å². The average molecular weight is 528 g/mol. The number of nitrogens with zero attached hydrogens (tertiary/aromatic N) is 1. The monoisotopic (exact) mass is 525 g/mol. The van der Waals surface area contributed by atoms with Crippen molar-refractivity contribution in [3.05, 3.63) is 59.2 Å². The topological polar surface area (TPSA) is 32.6 Å². The van der Waals surface area contributed by atoms with Crippen molar-refractivity contribution in [2.45, 2.75) is 78.1 Å². The molecular formula is C25H35Cl2NOZr. The number of rotatable bonds is 8. The van der Waals surface area contributed by atoms with Crippen molar-refractivity contribution < 1.29 is 26.0 Å². The predicted octanol–water partition coefficient (Wildman–Crippen LogP) is 8.67. The van der Waals surface area contributed by atoms with Gasteiger partial charge in [-0.1, -0.05) is 78.6 Å². The van der Waals surface area contributed by atoms with Crippen molar-refractivity contribution in [3.63, 3.8) is 0 Å². The van der Waals surface area contributed by atoms with Crippen LogP contribution in [0.3, 0.4) is 0 Å². The van der Waals surface area contributed by atoms with Gasteiger partial charge in [-0.3, -0.25) is 4.99 Å². The summed E-state index contributed by atoms with van der Waals surface area (Å²) in [5.74, 6) is 0.365. The number of phenolic OH excluding ortho intramolecular Hbond substituents is 1. The van der Waals surface area contributed by atoms with Crippen LogP contribution in [-0.2, 0) is 31.7 Å². The standard InChI is InChI=1S/C25H35NO.2ClH.Zr/c1-7-14-24(3,4)20-16-19(18-26-21-12-10-9-11-13-21)23(27)22(17-20)25(5,6)15-8-2;;;/h9-13,16-18,27H,7-8,14-15H2,1-6H3;2*1H;/q;;;+2/p-2. The molecule has 0 aliphatic rings. The Balaban J connectivity index is 0.00000141. The summed E-state index contributed by atoms with van der Waals surface area (Å²) >= 11 is -0.826. The fourth-order valence-electron chi connectivity index (χ4n) is 3.85. The maximum absolute atomic E-state index is 11.1. The molecule has 0 spiro atoms.